The zero-order valence-corrected chi connectivity index (χ0v) is 23.7. The third-order valence-corrected chi connectivity index (χ3v) is 6.98. The fourth-order valence-electron chi connectivity index (χ4n) is 4.17. The Bertz CT molecular complexity index is 1330. The number of ether oxygens (including phenoxy) is 1. The van der Waals surface area contributed by atoms with Gasteiger partial charge in [0.25, 0.3) is 0 Å². The SMILES string of the molecule is CCOc1ccc(CC[C@@H](NS(C)(=O)=O)C(=O)N[C@@H](Cc2ccccc2)C(=O)NCc2ccc(CN)cc2)cc1. The molecule has 10 heteroatoms. The maximum absolute atomic E-state index is 13.4. The van der Waals surface area contributed by atoms with Gasteiger partial charge >= 0.3 is 0 Å². The van der Waals surface area contributed by atoms with Crippen LogP contribution >= 0.6 is 0 Å². The fourth-order valence-corrected chi connectivity index (χ4v) is 4.91. The van der Waals surface area contributed by atoms with Crippen molar-refractivity contribution < 1.29 is 22.7 Å². The molecule has 0 saturated heterocycles. The normalized spacial score (nSPS) is 12.8. The highest BCUT2D eigenvalue weighted by molar-refractivity contribution is 7.88. The lowest BCUT2D eigenvalue weighted by Crippen LogP contribution is -2.54. The summed E-state index contributed by atoms with van der Waals surface area (Å²) in [7, 11) is -3.69. The Labute approximate surface area is 236 Å². The molecular weight excluding hydrogens is 528 g/mol. The lowest BCUT2D eigenvalue weighted by molar-refractivity contribution is -0.130. The van der Waals surface area contributed by atoms with Crippen LogP contribution in [0.1, 0.15) is 35.6 Å². The van der Waals surface area contributed by atoms with Gasteiger partial charge in [-0.1, -0.05) is 66.7 Å². The Hall–Kier alpha value is -3.73. The number of carbonyl (C=O) groups is 2. The molecule has 9 nitrogen and oxygen atoms in total. The Morgan fingerprint density at radius 3 is 2.05 bits per heavy atom. The average Bonchev–Trinajstić information content (AvgIpc) is 2.94. The number of hydrogen-bond acceptors (Lipinski definition) is 6. The van der Waals surface area contributed by atoms with Crippen LogP contribution in [0.15, 0.2) is 78.9 Å². The van der Waals surface area contributed by atoms with Crippen LogP contribution in [0.3, 0.4) is 0 Å². The first-order valence-electron chi connectivity index (χ1n) is 13.3. The van der Waals surface area contributed by atoms with Crippen LogP contribution in [0, 0.1) is 0 Å². The molecule has 3 rings (SSSR count). The topological polar surface area (TPSA) is 140 Å². The minimum Gasteiger partial charge on any atom is -0.494 e. The van der Waals surface area contributed by atoms with E-state index in [0.29, 0.717) is 19.6 Å². The first-order valence-corrected chi connectivity index (χ1v) is 15.1. The summed E-state index contributed by atoms with van der Waals surface area (Å²) in [6.45, 7) is 3.16. The predicted octanol–water partition coefficient (Wildman–Crippen LogP) is 2.44. The van der Waals surface area contributed by atoms with Crippen LogP contribution in [0.4, 0.5) is 0 Å². The number of nitrogens with two attached hydrogens (primary N) is 1. The van der Waals surface area contributed by atoms with Crippen molar-refractivity contribution in [1.82, 2.24) is 15.4 Å². The summed E-state index contributed by atoms with van der Waals surface area (Å²) >= 11 is 0. The summed E-state index contributed by atoms with van der Waals surface area (Å²) in [6, 6.07) is 22.4. The average molecular weight is 567 g/mol. The van der Waals surface area contributed by atoms with Gasteiger partial charge in [0.1, 0.15) is 17.8 Å². The fraction of sp³-hybridized carbons (Fsp3) is 0.333. The third kappa shape index (κ3) is 10.4. The Morgan fingerprint density at radius 2 is 1.45 bits per heavy atom. The van der Waals surface area contributed by atoms with Gasteiger partial charge in [-0.05, 0) is 54.2 Å². The standard InChI is InChI=1S/C30H38N4O5S/c1-3-39-26-16-13-22(14-17-26)15-18-27(34-40(2,37)38)30(36)33-28(19-23-7-5-4-6-8-23)29(35)32-21-25-11-9-24(20-31)10-12-25/h4-14,16-17,27-28,34H,3,15,18-21,31H2,1-2H3,(H,32,35)(H,33,36)/t27-,28+/m1/s1. The Kier molecular flexibility index (Phi) is 11.7. The second kappa shape index (κ2) is 15.2. The molecule has 0 aliphatic heterocycles. The molecular formula is C30H38N4O5S. The summed E-state index contributed by atoms with van der Waals surface area (Å²) in [5.41, 5.74) is 9.32. The van der Waals surface area contributed by atoms with Crippen molar-refractivity contribution in [3.8, 4) is 5.75 Å². The number of nitrogens with one attached hydrogen (secondary N) is 3. The van der Waals surface area contributed by atoms with Gasteiger partial charge in [-0.25, -0.2) is 13.1 Å². The molecule has 5 N–H and O–H groups in total. The lowest BCUT2D eigenvalue weighted by Gasteiger charge is -2.23. The van der Waals surface area contributed by atoms with Gasteiger partial charge in [0, 0.05) is 19.5 Å². The number of aryl methyl sites for hydroxylation is 1. The number of rotatable bonds is 15. The van der Waals surface area contributed by atoms with Crippen molar-refractivity contribution in [2.75, 3.05) is 12.9 Å². The molecule has 0 unspecified atom stereocenters. The van der Waals surface area contributed by atoms with E-state index in [0.717, 1.165) is 34.3 Å². The van der Waals surface area contributed by atoms with Crippen molar-refractivity contribution in [2.45, 2.75) is 51.4 Å². The number of sulfonamides is 1. The van der Waals surface area contributed by atoms with Crippen molar-refractivity contribution >= 4 is 21.8 Å². The summed E-state index contributed by atoms with van der Waals surface area (Å²) in [5.74, 6) is -0.204. The minimum atomic E-state index is -3.69. The molecule has 2 amide bonds. The maximum Gasteiger partial charge on any atom is 0.243 e. The van der Waals surface area contributed by atoms with Crippen LogP contribution in [0.5, 0.6) is 5.75 Å². The Balaban J connectivity index is 1.72. The number of amides is 2. The molecule has 0 aromatic heterocycles. The largest absolute Gasteiger partial charge is 0.494 e. The van der Waals surface area contributed by atoms with E-state index < -0.39 is 28.0 Å². The minimum absolute atomic E-state index is 0.208. The highest BCUT2D eigenvalue weighted by atomic mass is 32.2. The van der Waals surface area contributed by atoms with E-state index in [1.807, 2.05) is 85.8 Å². The highest BCUT2D eigenvalue weighted by Crippen LogP contribution is 2.15. The second-order valence-electron chi connectivity index (χ2n) is 9.55. The van der Waals surface area contributed by atoms with Gasteiger partial charge in [-0.15, -0.1) is 0 Å². The van der Waals surface area contributed by atoms with E-state index in [-0.39, 0.29) is 25.3 Å². The smallest absolute Gasteiger partial charge is 0.243 e. The van der Waals surface area contributed by atoms with Gasteiger partial charge in [0.2, 0.25) is 21.8 Å². The van der Waals surface area contributed by atoms with Crippen molar-refractivity contribution in [3.05, 3.63) is 101 Å². The monoisotopic (exact) mass is 566 g/mol. The number of carbonyl (C=O) groups excluding carboxylic acids is 2. The van der Waals surface area contributed by atoms with Crippen molar-refractivity contribution in [3.63, 3.8) is 0 Å². The molecule has 0 fully saturated rings. The van der Waals surface area contributed by atoms with Gasteiger partial charge in [-0.3, -0.25) is 9.59 Å². The van der Waals surface area contributed by atoms with E-state index >= 15 is 0 Å². The molecule has 214 valence electrons. The zero-order chi connectivity index (χ0) is 29.0. The summed E-state index contributed by atoms with van der Waals surface area (Å²) in [5, 5.41) is 5.68. The quantitative estimate of drug-likeness (QED) is 0.223. The van der Waals surface area contributed by atoms with Gasteiger partial charge in [-0.2, -0.15) is 0 Å². The van der Waals surface area contributed by atoms with Crippen LogP contribution < -0.4 is 25.8 Å². The first kappa shape index (κ1) is 30.8. The van der Waals surface area contributed by atoms with E-state index in [2.05, 4.69) is 15.4 Å². The van der Waals surface area contributed by atoms with Gasteiger partial charge < -0.3 is 21.1 Å². The second-order valence-corrected chi connectivity index (χ2v) is 11.3. The van der Waals surface area contributed by atoms with E-state index in [4.69, 9.17) is 10.5 Å². The summed E-state index contributed by atoms with van der Waals surface area (Å²) < 4.78 is 32.1. The highest BCUT2D eigenvalue weighted by Gasteiger charge is 2.27. The molecule has 0 radical (unpaired) electrons. The molecule has 0 aliphatic carbocycles. The maximum atomic E-state index is 13.4. The molecule has 40 heavy (non-hydrogen) atoms. The van der Waals surface area contributed by atoms with Gasteiger partial charge in [0.15, 0.2) is 0 Å². The predicted molar refractivity (Wildman–Crippen MR) is 156 cm³/mol. The summed E-state index contributed by atoms with van der Waals surface area (Å²) in [4.78, 5) is 26.6. The van der Waals surface area contributed by atoms with Crippen molar-refractivity contribution in [2.24, 2.45) is 5.73 Å². The molecule has 0 heterocycles. The van der Waals surface area contributed by atoms with Crippen LogP contribution in [-0.2, 0) is 45.5 Å². The number of hydrogen-bond donors (Lipinski definition) is 4. The van der Waals surface area contributed by atoms with E-state index in [1.54, 1.807) is 0 Å². The molecule has 3 aromatic rings. The van der Waals surface area contributed by atoms with Crippen molar-refractivity contribution in [1.29, 1.82) is 0 Å². The first-order chi connectivity index (χ1) is 19.2. The number of benzene rings is 3. The van der Waals surface area contributed by atoms with Gasteiger partial charge in [0.05, 0.1) is 12.9 Å². The molecule has 3 aromatic carbocycles. The molecule has 0 saturated carbocycles. The van der Waals surface area contributed by atoms with Crippen LogP contribution in [0.2, 0.25) is 0 Å². The third-order valence-electron chi connectivity index (χ3n) is 6.27. The molecule has 0 spiro atoms. The lowest BCUT2D eigenvalue weighted by atomic mass is 10.0. The van der Waals surface area contributed by atoms with Crippen LogP contribution in [-0.4, -0.2) is 45.2 Å². The van der Waals surface area contributed by atoms with E-state index in [1.165, 1.54) is 0 Å². The van der Waals surface area contributed by atoms with E-state index in [9.17, 15) is 18.0 Å². The molecule has 0 aliphatic rings. The zero-order valence-electron chi connectivity index (χ0n) is 22.9. The summed E-state index contributed by atoms with van der Waals surface area (Å²) in [6.07, 6.45) is 1.91. The molecule has 2 atom stereocenters. The molecule has 0 bridgehead atoms. The Morgan fingerprint density at radius 1 is 0.825 bits per heavy atom. The van der Waals surface area contributed by atoms with Crippen LogP contribution in [0.25, 0.3) is 0 Å².